The number of ether oxygens (including phenoxy) is 1. The van der Waals surface area contributed by atoms with Crippen molar-refractivity contribution in [3.05, 3.63) is 82.3 Å². The molecule has 0 bridgehead atoms. The van der Waals surface area contributed by atoms with Crippen molar-refractivity contribution in [3.63, 3.8) is 0 Å². The van der Waals surface area contributed by atoms with E-state index in [0.29, 0.717) is 5.56 Å². The fraction of sp³-hybridized carbons (Fsp3) is 0.0556. The third-order valence-corrected chi connectivity index (χ3v) is 3.37. The Kier molecular flexibility index (Phi) is 4.93. The highest BCUT2D eigenvalue weighted by atomic mass is 19.1. The van der Waals surface area contributed by atoms with Gasteiger partial charge < -0.3 is 19.6 Å². The molecule has 3 rings (SSSR count). The van der Waals surface area contributed by atoms with Crippen LogP contribution in [-0.2, 0) is 6.54 Å². The quantitative estimate of drug-likeness (QED) is 0.729. The maximum absolute atomic E-state index is 13.7. The maximum Gasteiger partial charge on any atom is 0.287 e. The number of carbonyl (C=O) groups excluding carboxylic acids is 1. The molecule has 0 saturated carbocycles. The molecule has 0 aliphatic carbocycles. The summed E-state index contributed by atoms with van der Waals surface area (Å²) < 4.78 is 24.1. The van der Waals surface area contributed by atoms with Gasteiger partial charge in [-0.3, -0.25) is 9.59 Å². The van der Waals surface area contributed by atoms with Gasteiger partial charge in [-0.05, 0) is 18.2 Å². The second-order valence-corrected chi connectivity index (χ2v) is 5.18. The van der Waals surface area contributed by atoms with Crippen LogP contribution < -0.4 is 15.5 Å². The van der Waals surface area contributed by atoms with Crippen LogP contribution in [-0.4, -0.2) is 16.0 Å². The zero-order valence-corrected chi connectivity index (χ0v) is 13.3. The Bertz CT molecular complexity index is 1000. The lowest BCUT2D eigenvalue weighted by molar-refractivity contribution is 0.0920. The van der Waals surface area contributed by atoms with Crippen molar-refractivity contribution < 1.29 is 23.4 Å². The van der Waals surface area contributed by atoms with Gasteiger partial charge in [0.2, 0.25) is 11.3 Å². The minimum Gasteiger partial charge on any atom is -0.502 e. The highest BCUT2D eigenvalue weighted by molar-refractivity contribution is 5.91. The first-order valence-corrected chi connectivity index (χ1v) is 7.51. The molecule has 0 spiro atoms. The van der Waals surface area contributed by atoms with Gasteiger partial charge >= 0.3 is 0 Å². The fourth-order valence-electron chi connectivity index (χ4n) is 2.07. The van der Waals surface area contributed by atoms with Crippen LogP contribution in [0, 0.1) is 5.82 Å². The van der Waals surface area contributed by atoms with E-state index in [4.69, 9.17) is 14.3 Å². The third kappa shape index (κ3) is 3.86. The number of pyridine rings is 1. The predicted octanol–water partition coefficient (Wildman–Crippen LogP) is 2.60. The van der Waals surface area contributed by atoms with Crippen molar-refractivity contribution in [2.75, 3.05) is 0 Å². The molecule has 0 unspecified atom stereocenters. The van der Waals surface area contributed by atoms with Crippen LogP contribution in [0.3, 0.4) is 0 Å². The molecular formula is C18H13FN2O5. The number of carbonyl (C=O) groups is 1. The summed E-state index contributed by atoms with van der Waals surface area (Å²) in [5.41, 5.74) is -0.239. The summed E-state index contributed by atoms with van der Waals surface area (Å²) >= 11 is 0. The summed E-state index contributed by atoms with van der Waals surface area (Å²) in [7, 11) is 0. The number of aromatic nitrogens is 1. The van der Waals surface area contributed by atoms with Crippen molar-refractivity contribution in [3.8, 4) is 17.4 Å². The molecule has 0 atom stereocenters. The number of benzene rings is 1. The lowest BCUT2D eigenvalue weighted by Crippen LogP contribution is -2.24. The molecule has 1 amide bonds. The standard InChI is InChI=1S/C18H13FN2O5/c19-12-5-1-2-6-15(12)26-18-11(4-3-7-20-18)9-21-17(24)16-8-13(22)14(23)10-25-16/h1-8,10,23H,9H2,(H,21,24). The van der Waals surface area contributed by atoms with Crippen molar-refractivity contribution in [2.24, 2.45) is 0 Å². The van der Waals surface area contributed by atoms with E-state index in [1.807, 2.05) is 0 Å². The number of rotatable bonds is 5. The topological polar surface area (TPSA) is 102 Å². The van der Waals surface area contributed by atoms with E-state index in [1.165, 1.54) is 24.4 Å². The molecule has 1 aromatic carbocycles. The second kappa shape index (κ2) is 7.47. The van der Waals surface area contributed by atoms with Gasteiger partial charge in [-0.25, -0.2) is 9.37 Å². The number of hydrogen-bond donors (Lipinski definition) is 2. The normalized spacial score (nSPS) is 10.3. The van der Waals surface area contributed by atoms with Gasteiger partial charge in [-0.15, -0.1) is 0 Å². The van der Waals surface area contributed by atoms with E-state index < -0.39 is 22.9 Å². The molecule has 0 aliphatic rings. The van der Waals surface area contributed by atoms with E-state index in [1.54, 1.807) is 18.2 Å². The minimum atomic E-state index is -0.730. The molecular weight excluding hydrogens is 343 g/mol. The van der Waals surface area contributed by atoms with Crippen LogP contribution in [0.1, 0.15) is 16.1 Å². The Morgan fingerprint density at radius 3 is 2.85 bits per heavy atom. The number of para-hydroxylation sites is 1. The van der Waals surface area contributed by atoms with E-state index in [9.17, 15) is 14.0 Å². The van der Waals surface area contributed by atoms with Crippen LogP contribution in [0.2, 0.25) is 0 Å². The molecule has 0 aliphatic heterocycles. The molecule has 3 aromatic rings. The van der Waals surface area contributed by atoms with E-state index in [2.05, 4.69) is 10.3 Å². The number of nitrogens with one attached hydrogen (secondary N) is 1. The molecule has 8 heteroatoms. The van der Waals surface area contributed by atoms with Gasteiger partial charge in [0, 0.05) is 24.4 Å². The van der Waals surface area contributed by atoms with Crippen molar-refractivity contribution in [2.45, 2.75) is 6.54 Å². The summed E-state index contributed by atoms with van der Waals surface area (Å²) in [6.07, 6.45) is 2.26. The summed E-state index contributed by atoms with van der Waals surface area (Å²) in [5, 5.41) is 11.7. The average molecular weight is 356 g/mol. The van der Waals surface area contributed by atoms with Crippen molar-refractivity contribution >= 4 is 5.91 Å². The van der Waals surface area contributed by atoms with Gasteiger partial charge in [0.05, 0.1) is 0 Å². The maximum atomic E-state index is 13.7. The van der Waals surface area contributed by atoms with Crippen LogP contribution in [0.25, 0.3) is 0 Å². The molecule has 132 valence electrons. The molecule has 2 heterocycles. The first-order valence-electron chi connectivity index (χ1n) is 7.51. The number of aromatic hydroxyl groups is 1. The van der Waals surface area contributed by atoms with Crippen LogP contribution >= 0.6 is 0 Å². The molecule has 0 saturated heterocycles. The highest BCUT2D eigenvalue weighted by Gasteiger charge is 2.13. The lowest BCUT2D eigenvalue weighted by Gasteiger charge is -2.11. The highest BCUT2D eigenvalue weighted by Crippen LogP contribution is 2.25. The average Bonchev–Trinajstić information content (AvgIpc) is 2.65. The van der Waals surface area contributed by atoms with E-state index >= 15 is 0 Å². The summed E-state index contributed by atoms with van der Waals surface area (Å²) in [4.78, 5) is 27.5. The molecule has 26 heavy (non-hydrogen) atoms. The molecule has 0 fully saturated rings. The number of halogens is 1. The first-order chi connectivity index (χ1) is 12.5. The Labute approximate surface area is 146 Å². The third-order valence-electron chi connectivity index (χ3n) is 3.37. The largest absolute Gasteiger partial charge is 0.502 e. The Balaban J connectivity index is 1.74. The number of hydrogen-bond acceptors (Lipinski definition) is 6. The summed E-state index contributed by atoms with van der Waals surface area (Å²) in [6.45, 7) is 0.00104. The molecule has 2 N–H and O–H groups in total. The van der Waals surface area contributed by atoms with Gasteiger partial charge in [0.25, 0.3) is 5.91 Å². The van der Waals surface area contributed by atoms with E-state index in [-0.39, 0.29) is 23.9 Å². The van der Waals surface area contributed by atoms with Gasteiger partial charge in [0.1, 0.15) is 6.26 Å². The minimum absolute atomic E-state index is 0.00104. The van der Waals surface area contributed by atoms with Crippen LogP contribution in [0.15, 0.2) is 64.1 Å². The van der Waals surface area contributed by atoms with Gasteiger partial charge in [0.15, 0.2) is 23.1 Å². The first kappa shape index (κ1) is 17.2. The van der Waals surface area contributed by atoms with Crippen molar-refractivity contribution in [1.82, 2.24) is 10.3 Å². The Morgan fingerprint density at radius 1 is 1.27 bits per heavy atom. The smallest absolute Gasteiger partial charge is 0.287 e. The summed E-state index contributed by atoms with van der Waals surface area (Å²) in [5.74, 6) is -1.92. The zero-order chi connectivity index (χ0) is 18.5. The van der Waals surface area contributed by atoms with Gasteiger partial charge in [-0.2, -0.15) is 0 Å². The fourth-order valence-corrected chi connectivity index (χ4v) is 2.07. The monoisotopic (exact) mass is 356 g/mol. The zero-order valence-electron chi connectivity index (χ0n) is 13.3. The molecule has 2 aromatic heterocycles. The number of amides is 1. The SMILES string of the molecule is O=C(NCc1cccnc1Oc1ccccc1F)c1cc(=O)c(O)co1. The van der Waals surface area contributed by atoms with Crippen LogP contribution in [0.5, 0.6) is 17.4 Å². The number of nitrogens with zero attached hydrogens (tertiary/aromatic N) is 1. The molecule has 7 nitrogen and oxygen atoms in total. The predicted molar refractivity (Wildman–Crippen MR) is 88.5 cm³/mol. The van der Waals surface area contributed by atoms with E-state index in [0.717, 1.165) is 12.3 Å². The Hall–Kier alpha value is -3.68. The van der Waals surface area contributed by atoms with Gasteiger partial charge in [-0.1, -0.05) is 18.2 Å². The molecule has 0 radical (unpaired) electrons. The lowest BCUT2D eigenvalue weighted by atomic mass is 10.2. The van der Waals surface area contributed by atoms with Crippen LogP contribution in [0.4, 0.5) is 4.39 Å². The van der Waals surface area contributed by atoms with Crippen molar-refractivity contribution in [1.29, 1.82) is 0 Å². The second-order valence-electron chi connectivity index (χ2n) is 5.18. The summed E-state index contributed by atoms with van der Waals surface area (Å²) in [6, 6.07) is 10.0. The Morgan fingerprint density at radius 2 is 2.08 bits per heavy atom.